The molecule has 21 heavy (non-hydrogen) atoms. The van der Waals surface area contributed by atoms with Gasteiger partial charge in [0.2, 0.25) is 5.95 Å². The molecule has 108 valence electrons. The Morgan fingerprint density at radius 2 is 1.90 bits per heavy atom. The maximum atomic E-state index is 4.40. The van der Waals surface area contributed by atoms with Gasteiger partial charge in [-0.25, -0.2) is 9.67 Å². The zero-order valence-electron chi connectivity index (χ0n) is 12.0. The fraction of sp³-hybridized carbons (Fsp3) is 0.333. The predicted octanol–water partition coefficient (Wildman–Crippen LogP) is 0.687. The highest BCUT2D eigenvalue weighted by atomic mass is 15.4. The number of nitrogens with zero attached hydrogens (tertiary/aromatic N) is 8. The van der Waals surface area contributed by atoms with E-state index in [1.54, 1.807) is 27.8 Å². The molecule has 0 amide bonds. The molecule has 0 aromatic carbocycles. The van der Waals surface area contributed by atoms with Crippen molar-refractivity contribution in [2.75, 3.05) is 11.9 Å². The standard InChI is InChI=1S/C12H15N9/c1-4-13-10-16-11(20-7-5-6-14-20)18-12(17-10)21-9(3)15-8(2)19-21/h5-7H,4H2,1-3H3,(H,13,16,17,18). The van der Waals surface area contributed by atoms with Gasteiger partial charge in [0, 0.05) is 18.9 Å². The highest BCUT2D eigenvalue weighted by Crippen LogP contribution is 2.10. The Balaban J connectivity index is 2.13. The molecule has 3 heterocycles. The first-order valence-electron chi connectivity index (χ1n) is 6.58. The average Bonchev–Trinajstić information content (AvgIpc) is 3.08. The Labute approximate surface area is 121 Å². The molecule has 0 atom stereocenters. The van der Waals surface area contributed by atoms with E-state index in [9.17, 15) is 0 Å². The van der Waals surface area contributed by atoms with Gasteiger partial charge in [-0.05, 0) is 26.8 Å². The van der Waals surface area contributed by atoms with Crippen LogP contribution in [0.1, 0.15) is 18.6 Å². The summed E-state index contributed by atoms with van der Waals surface area (Å²) in [7, 11) is 0. The molecule has 0 aliphatic rings. The van der Waals surface area contributed by atoms with Crippen molar-refractivity contribution in [1.29, 1.82) is 0 Å². The van der Waals surface area contributed by atoms with Crippen molar-refractivity contribution in [2.45, 2.75) is 20.8 Å². The minimum atomic E-state index is 0.407. The van der Waals surface area contributed by atoms with Crippen LogP contribution in [0.4, 0.5) is 5.95 Å². The van der Waals surface area contributed by atoms with Crippen LogP contribution in [0.25, 0.3) is 11.9 Å². The van der Waals surface area contributed by atoms with E-state index in [-0.39, 0.29) is 0 Å². The maximum Gasteiger partial charge on any atom is 0.259 e. The van der Waals surface area contributed by atoms with Crippen LogP contribution in [-0.2, 0) is 0 Å². The van der Waals surface area contributed by atoms with Gasteiger partial charge < -0.3 is 5.32 Å². The fourth-order valence-electron chi connectivity index (χ4n) is 1.89. The average molecular weight is 285 g/mol. The first-order valence-corrected chi connectivity index (χ1v) is 6.58. The number of aryl methyl sites for hydroxylation is 2. The van der Waals surface area contributed by atoms with Gasteiger partial charge in [-0.1, -0.05) is 0 Å². The molecule has 0 bridgehead atoms. The molecule has 0 aliphatic carbocycles. The quantitative estimate of drug-likeness (QED) is 0.752. The second-order valence-electron chi connectivity index (χ2n) is 4.36. The number of aromatic nitrogens is 8. The van der Waals surface area contributed by atoms with Crippen molar-refractivity contribution in [3.8, 4) is 11.9 Å². The zero-order chi connectivity index (χ0) is 14.8. The van der Waals surface area contributed by atoms with Crippen LogP contribution in [0, 0.1) is 13.8 Å². The van der Waals surface area contributed by atoms with Gasteiger partial charge in [-0.3, -0.25) is 0 Å². The Hall–Kier alpha value is -2.84. The lowest BCUT2D eigenvalue weighted by Gasteiger charge is -2.08. The maximum absolute atomic E-state index is 4.40. The molecule has 0 spiro atoms. The molecule has 9 heteroatoms. The molecule has 0 unspecified atom stereocenters. The van der Waals surface area contributed by atoms with Crippen molar-refractivity contribution < 1.29 is 0 Å². The normalized spacial score (nSPS) is 10.8. The summed E-state index contributed by atoms with van der Waals surface area (Å²) >= 11 is 0. The van der Waals surface area contributed by atoms with Crippen molar-refractivity contribution in [3.63, 3.8) is 0 Å². The lowest BCUT2D eigenvalue weighted by Crippen LogP contribution is -2.14. The number of rotatable bonds is 4. The van der Waals surface area contributed by atoms with Gasteiger partial charge in [-0.2, -0.15) is 24.7 Å². The smallest absolute Gasteiger partial charge is 0.259 e. The third kappa shape index (κ3) is 2.57. The monoisotopic (exact) mass is 285 g/mol. The highest BCUT2D eigenvalue weighted by Gasteiger charge is 2.13. The van der Waals surface area contributed by atoms with Crippen LogP contribution in [0.2, 0.25) is 0 Å². The largest absolute Gasteiger partial charge is 0.354 e. The van der Waals surface area contributed by atoms with Crippen LogP contribution >= 0.6 is 0 Å². The summed E-state index contributed by atoms with van der Waals surface area (Å²) in [5.41, 5.74) is 0. The number of nitrogens with one attached hydrogen (secondary N) is 1. The van der Waals surface area contributed by atoms with Crippen LogP contribution < -0.4 is 5.32 Å². The molecule has 0 radical (unpaired) electrons. The molecule has 0 saturated heterocycles. The molecule has 3 rings (SSSR count). The molecule has 0 saturated carbocycles. The van der Waals surface area contributed by atoms with Gasteiger partial charge in [-0.15, -0.1) is 5.10 Å². The highest BCUT2D eigenvalue weighted by molar-refractivity contribution is 5.32. The van der Waals surface area contributed by atoms with E-state index in [0.29, 0.717) is 36.0 Å². The van der Waals surface area contributed by atoms with Crippen LogP contribution in [0.5, 0.6) is 0 Å². The second-order valence-corrected chi connectivity index (χ2v) is 4.36. The summed E-state index contributed by atoms with van der Waals surface area (Å²) in [6, 6.07) is 1.81. The van der Waals surface area contributed by atoms with E-state index < -0.39 is 0 Å². The van der Waals surface area contributed by atoms with Crippen molar-refractivity contribution >= 4 is 5.95 Å². The Morgan fingerprint density at radius 1 is 1.10 bits per heavy atom. The first kappa shape index (κ1) is 13.2. The number of hydrogen-bond acceptors (Lipinski definition) is 7. The van der Waals surface area contributed by atoms with E-state index in [1.165, 1.54) is 0 Å². The van der Waals surface area contributed by atoms with Crippen LogP contribution in [-0.4, -0.2) is 46.0 Å². The third-order valence-electron chi connectivity index (χ3n) is 2.72. The fourth-order valence-corrected chi connectivity index (χ4v) is 1.89. The first-order chi connectivity index (χ1) is 10.2. The van der Waals surface area contributed by atoms with Crippen molar-refractivity contribution in [1.82, 2.24) is 39.5 Å². The minimum Gasteiger partial charge on any atom is -0.354 e. The predicted molar refractivity (Wildman–Crippen MR) is 75.5 cm³/mol. The zero-order valence-corrected chi connectivity index (χ0v) is 12.0. The number of hydrogen-bond donors (Lipinski definition) is 1. The molecule has 3 aromatic rings. The lowest BCUT2D eigenvalue weighted by atomic mass is 10.6. The lowest BCUT2D eigenvalue weighted by molar-refractivity contribution is 0.728. The molecular formula is C12H15N9. The molecule has 0 aliphatic heterocycles. The van der Waals surface area contributed by atoms with E-state index in [2.05, 4.69) is 35.5 Å². The molecule has 1 N–H and O–H groups in total. The SMILES string of the molecule is CCNc1nc(-n2cccn2)nc(-n2nc(C)nc2C)n1. The van der Waals surface area contributed by atoms with Crippen molar-refractivity contribution in [2.24, 2.45) is 0 Å². The summed E-state index contributed by atoms with van der Waals surface area (Å²) in [6.45, 7) is 6.36. The Bertz CT molecular complexity index is 744. The summed E-state index contributed by atoms with van der Waals surface area (Å²) < 4.78 is 3.16. The topological polar surface area (TPSA) is 99.2 Å². The van der Waals surface area contributed by atoms with Gasteiger partial charge in [0.05, 0.1) is 0 Å². The molecule has 3 aromatic heterocycles. The van der Waals surface area contributed by atoms with Gasteiger partial charge in [0.25, 0.3) is 11.9 Å². The molecular weight excluding hydrogens is 270 g/mol. The van der Waals surface area contributed by atoms with Crippen LogP contribution in [0.3, 0.4) is 0 Å². The third-order valence-corrected chi connectivity index (χ3v) is 2.72. The summed E-state index contributed by atoms with van der Waals surface area (Å²) in [4.78, 5) is 17.4. The van der Waals surface area contributed by atoms with Gasteiger partial charge in [0.15, 0.2) is 0 Å². The van der Waals surface area contributed by atoms with E-state index in [4.69, 9.17) is 0 Å². The van der Waals surface area contributed by atoms with E-state index in [0.717, 1.165) is 0 Å². The van der Waals surface area contributed by atoms with Gasteiger partial charge >= 0.3 is 0 Å². The summed E-state index contributed by atoms with van der Waals surface area (Å²) in [5, 5.41) is 11.5. The van der Waals surface area contributed by atoms with Crippen LogP contribution in [0.15, 0.2) is 18.5 Å². The van der Waals surface area contributed by atoms with E-state index in [1.807, 2.05) is 20.8 Å². The van der Waals surface area contributed by atoms with Crippen molar-refractivity contribution in [3.05, 3.63) is 30.1 Å². The minimum absolute atomic E-state index is 0.407. The second kappa shape index (κ2) is 5.27. The Morgan fingerprint density at radius 3 is 2.52 bits per heavy atom. The van der Waals surface area contributed by atoms with Gasteiger partial charge in [0.1, 0.15) is 11.6 Å². The summed E-state index contributed by atoms with van der Waals surface area (Å²) in [6.07, 6.45) is 3.44. The molecule has 9 nitrogen and oxygen atoms in total. The van der Waals surface area contributed by atoms with E-state index >= 15 is 0 Å². The Kier molecular flexibility index (Phi) is 3.30. The number of anilines is 1. The molecule has 0 fully saturated rings. The summed E-state index contributed by atoms with van der Waals surface area (Å²) in [5.74, 6) is 2.68.